The van der Waals surface area contributed by atoms with Gasteiger partial charge in [0, 0.05) is 24.6 Å². The zero-order valence-corrected chi connectivity index (χ0v) is 14.5. The minimum atomic E-state index is -3.72. The number of sulfonamides is 1. The van der Waals surface area contributed by atoms with Crippen molar-refractivity contribution in [2.24, 2.45) is 5.92 Å². The van der Waals surface area contributed by atoms with E-state index in [9.17, 15) is 17.2 Å². The third-order valence-electron chi connectivity index (χ3n) is 3.71. The first-order valence-electron chi connectivity index (χ1n) is 7.35. The van der Waals surface area contributed by atoms with Gasteiger partial charge in [0.25, 0.3) is 0 Å². The van der Waals surface area contributed by atoms with E-state index in [4.69, 9.17) is 16.3 Å². The largest absolute Gasteiger partial charge is 0.476 e. The Morgan fingerprint density at radius 2 is 2.04 bits per heavy atom. The Hall–Kier alpha value is -1.84. The maximum absolute atomic E-state index is 13.6. The van der Waals surface area contributed by atoms with E-state index in [1.165, 1.54) is 16.7 Å². The van der Waals surface area contributed by atoms with Crippen molar-refractivity contribution < 1.29 is 21.9 Å². The highest BCUT2D eigenvalue weighted by Gasteiger charge is 2.36. The average Bonchev–Trinajstić information content (AvgIpc) is 2.49. The van der Waals surface area contributed by atoms with E-state index in [0.29, 0.717) is 0 Å². The standard InChI is InChI=1S/C15H14ClF2N3O3S/c16-14-4-19-5-15(20-14)24-8-10-6-21(7-10)25(22,23)9-11-3-12(17)1-2-13(11)18/h1-5,10H,6-9H2. The van der Waals surface area contributed by atoms with E-state index in [-0.39, 0.29) is 42.2 Å². The zero-order chi connectivity index (χ0) is 18.0. The van der Waals surface area contributed by atoms with Gasteiger partial charge in [0.05, 0.1) is 24.8 Å². The molecule has 0 N–H and O–H groups in total. The van der Waals surface area contributed by atoms with Crippen LogP contribution < -0.4 is 4.74 Å². The molecule has 2 heterocycles. The topological polar surface area (TPSA) is 72.4 Å². The molecule has 3 rings (SSSR count). The highest BCUT2D eigenvalue weighted by atomic mass is 35.5. The summed E-state index contributed by atoms with van der Waals surface area (Å²) >= 11 is 5.69. The molecule has 0 amide bonds. The minimum Gasteiger partial charge on any atom is -0.476 e. The molecule has 1 aliphatic heterocycles. The van der Waals surface area contributed by atoms with Gasteiger partial charge in [-0.25, -0.2) is 21.5 Å². The smallest absolute Gasteiger partial charge is 0.233 e. The quantitative estimate of drug-likeness (QED) is 0.757. The lowest BCUT2D eigenvalue weighted by Gasteiger charge is -2.37. The first kappa shape index (κ1) is 18.0. The lowest BCUT2D eigenvalue weighted by atomic mass is 10.1. The summed E-state index contributed by atoms with van der Waals surface area (Å²) in [6, 6.07) is 2.76. The molecule has 0 unspecified atom stereocenters. The molecular formula is C15H14ClF2N3O3S. The molecule has 1 fully saturated rings. The Labute approximate surface area is 148 Å². The van der Waals surface area contributed by atoms with Crippen LogP contribution in [-0.2, 0) is 15.8 Å². The van der Waals surface area contributed by atoms with Crippen LogP contribution in [0.5, 0.6) is 5.88 Å². The van der Waals surface area contributed by atoms with E-state index in [2.05, 4.69) is 9.97 Å². The summed E-state index contributed by atoms with van der Waals surface area (Å²) in [5, 5.41) is 0.201. The van der Waals surface area contributed by atoms with Crippen LogP contribution in [0.1, 0.15) is 5.56 Å². The number of ether oxygens (including phenoxy) is 1. The van der Waals surface area contributed by atoms with Gasteiger partial charge in [-0.2, -0.15) is 4.98 Å². The lowest BCUT2D eigenvalue weighted by molar-refractivity contribution is 0.126. The van der Waals surface area contributed by atoms with Crippen molar-refractivity contribution in [2.75, 3.05) is 19.7 Å². The van der Waals surface area contributed by atoms with Gasteiger partial charge in [-0.05, 0) is 18.2 Å². The summed E-state index contributed by atoms with van der Waals surface area (Å²) in [6.45, 7) is 0.746. The Bertz CT molecular complexity index is 876. The Morgan fingerprint density at radius 1 is 1.28 bits per heavy atom. The predicted octanol–water partition coefficient (Wildman–Crippen LogP) is 2.25. The maximum Gasteiger partial charge on any atom is 0.233 e. The molecule has 0 radical (unpaired) electrons. The second-order valence-corrected chi connectivity index (χ2v) is 8.02. The molecule has 0 spiro atoms. The van der Waals surface area contributed by atoms with Gasteiger partial charge in [-0.3, -0.25) is 4.98 Å². The van der Waals surface area contributed by atoms with Crippen molar-refractivity contribution in [1.82, 2.24) is 14.3 Å². The highest BCUT2D eigenvalue weighted by Crippen LogP contribution is 2.24. The third-order valence-corrected chi connectivity index (χ3v) is 5.66. The fourth-order valence-corrected chi connectivity index (χ4v) is 4.21. The SMILES string of the molecule is O=S(=O)(Cc1cc(F)ccc1F)N1CC(COc2cncc(Cl)n2)C1. The molecule has 0 bridgehead atoms. The first-order chi connectivity index (χ1) is 11.8. The second-order valence-electron chi connectivity index (χ2n) is 5.67. The van der Waals surface area contributed by atoms with Gasteiger partial charge in [0.15, 0.2) is 5.15 Å². The summed E-state index contributed by atoms with van der Waals surface area (Å²) in [4.78, 5) is 7.75. The zero-order valence-electron chi connectivity index (χ0n) is 12.9. The summed E-state index contributed by atoms with van der Waals surface area (Å²) in [5.41, 5.74) is -0.186. The first-order valence-corrected chi connectivity index (χ1v) is 9.34. The molecule has 1 aliphatic rings. The van der Waals surface area contributed by atoms with Crippen molar-refractivity contribution in [3.05, 3.63) is 52.9 Å². The fourth-order valence-electron chi connectivity index (χ4n) is 2.40. The van der Waals surface area contributed by atoms with Crippen LogP contribution in [-0.4, -0.2) is 42.4 Å². The van der Waals surface area contributed by atoms with Gasteiger partial charge in [0.1, 0.15) is 11.6 Å². The summed E-state index contributed by atoms with van der Waals surface area (Å²) in [7, 11) is -3.72. The summed E-state index contributed by atoms with van der Waals surface area (Å²) in [6.07, 6.45) is 2.78. The highest BCUT2D eigenvalue weighted by molar-refractivity contribution is 7.88. The average molecular weight is 390 g/mol. The van der Waals surface area contributed by atoms with Crippen molar-refractivity contribution in [3.63, 3.8) is 0 Å². The molecule has 1 saturated heterocycles. The van der Waals surface area contributed by atoms with Crippen LogP contribution in [0.4, 0.5) is 8.78 Å². The number of hydrogen-bond acceptors (Lipinski definition) is 5. The van der Waals surface area contributed by atoms with Gasteiger partial charge in [-0.15, -0.1) is 0 Å². The normalized spacial score (nSPS) is 15.8. The minimum absolute atomic E-state index is 0.0205. The Balaban J connectivity index is 1.53. The fraction of sp³-hybridized carbons (Fsp3) is 0.333. The van der Waals surface area contributed by atoms with Crippen LogP contribution in [0.3, 0.4) is 0 Å². The maximum atomic E-state index is 13.6. The molecule has 1 aromatic heterocycles. The number of aromatic nitrogens is 2. The van der Waals surface area contributed by atoms with Crippen molar-refractivity contribution in [2.45, 2.75) is 5.75 Å². The number of benzene rings is 1. The number of halogens is 3. The van der Waals surface area contributed by atoms with Crippen molar-refractivity contribution >= 4 is 21.6 Å². The number of nitrogens with zero attached hydrogens (tertiary/aromatic N) is 3. The van der Waals surface area contributed by atoms with E-state index >= 15 is 0 Å². The monoisotopic (exact) mass is 389 g/mol. The number of rotatable bonds is 6. The summed E-state index contributed by atoms with van der Waals surface area (Å²) in [5.74, 6) is -1.76. The summed E-state index contributed by atoms with van der Waals surface area (Å²) < 4.78 is 57.9. The van der Waals surface area contributed by atoms with E-state index in [0.717, 1.165) is 18.2 Å². The molecule has 134 valence electrons. The molecule has 0 saturated carbocycles. The Morgan fingerprint density at radius 3 is 2.76 bits per heavy atom. The molecule has 6 nitrogen and oxygen atoms in total. The van der Waals surface area contributed by atoms with E-state index in [1.807, 2.05) is 0 Å². The van der Waals surface area contributed by atoms with Crippen LogP contribution >= 0.6 is 11.6 Å². The van der Waals surface area contributed by atoms with E-state index < -0.39 is 27.4 Å². The second kappa shape index (κ2) is 7.19. The lowest BCUT2D eigenvalue weighted by Crippen LogP contribution is -2.52. The molecule has 2 aromatic rings. The van der Waals surface area contributed by atoms with Gasteiger partial charge >= 0.3 is 0 Å². The van der Waals surface area contributed by atoms with Crippen molar-refractivity contribution in [1.29, 1.82) is 0 Å². The van der Waals surface area contributed by atoms with E-state index in [1.54, 1.807) is 0 Å². The van der Waals surface area contributed by atoms with Crippen molar-refractivity contribution in [3.8, 4) is 5.88 Å². The molecule has 0 aliphatic carbocycles. The molecule has 1 aromatic carbocycles. The van der Waals surface area contributed by atoms with Gasteiger partial charge in [-0.1, -0.05) is 11.6 Å². The van der Waals surface area contributed by atoms with Gasteiger partial charge in [0.2, 0.25) is 15.9 Å². The molecule has 25 heavy (non-hydrogen) atoms. The predicted molar refractivity (Wildman–Crippen MR) is 86.6 cm³/mol. The van der Waals surface area contributed by atoms with Crippen LogP contribution in [0.25, 0.3) is 0 Å². The van der Waals surface area contributed by atoms with Crippen LogP contribution in [0.2, 0.25) is 5.15 Å². The number of hydrogen-bond donors (Lipinski definition) is 0. The molecular weight excluding hydrogens is 376 g/mol. The van der Waals surface area contributed by atoms with Gasteiger partial charge < -0.3 is 4.74 Å². The molecule has 10 heteroatoms. The third kappa shape index (κ3) is 4.42. The Kier molecular flexibility index (Phi) is 5.16. The van der Waals surface area contributed by atoms with Crippen LogP contribution in [0.15, 0.2) is 30.6 Å². The van der Waals surface area contributed by atoms with Crippen LogP contribution in [0, 0.1) is 17.6 Å². The molecule has 0 atom stereocenters.